The van der Waals surface area contributed by atoms with Crippen molar-refractivity contribution in [2.24, 2.45) is 0 Å². The molecule has 0 saturated carbocycles. The molecule has 0 unspecified atom stereocenters. The minimum atomic E-state index is -4.71. The summed E-state index contributed by atoms with van der Waals surface area (Å²) in [6.45, 7) is -0.0325. The molecular weight excluding hydrogens is 313 g/mol. The predicted octanol–water partition coefficient (Wildman–Crippen LogP) is 2.85. The lowest BCUT2D eigenvalue weighted by molar-refractivity contribution is -0.137. The van der Waals surface area contributed by atoms with E-state index in [1.165, 1.54) is 18.2 Å². The number of halogens is 3. The number of aliphatic carboxylic acids is 1. The molecule has 8 heteroatoms. The van der Waals surface area contributed by atoms with Gasteiger partial charge in [0.15, 0.2) is 0 Å². The van der Waals surface area contributed by atoms with Gasteiger partial charge in [-0.15, -0.1) is 0 Å². The van der Waals surface area contributed by atoms with Crippen molar-refractivity contribution < 1.29 is 27.9 Å². The van der Waals surface area contributed by atoms with Gasteiger partial charge in [-0.3, -0.25) is 14.6 Å². The fourth-order valence-corrected chi connectivity index (χ4v) is 2.16. The maximum atomic E-state index is 13.3. The van der Waals surface area contributed by atoms with Crippen LogP contribution in [0.25, 0.3) is 10.9 Å². The fraction of sp³-hybridized carbons (Fsp3) is 0.267. The van der Waals surface area contributed by atoms with Crippen LogP contribution < -0.4 is 5.32 Å². The Kier molecular flexibility index (Phi) is 4.83. The molecule has 2 aromatic rings. The van der Waals surface area contributed by atoms with E-state index < -0.39 is 29.2 Å². The van der Waals surface area contributed by atoms with E-state index in [4.69, 9.17) is 5.11 Å². The highest BCUT2D eigenvalue weighted by Crippen LogP contribution is 2.36. The van der Waals surface area contributed by atoms with Crippen LogP contribution in [0.5, 0.6) is 0 Å². The van der Waals surface area contributed by atoms with E-state index in [0.717, 1.165) is 6.20 Å². The van der Waals surface area contributed by atoms with E-state index in [1.807, 2.05) is 0 Å². The Morgan fingerprint density at radius 2 is 1.91 bits per heavy atom. The van der Waals surface area contributed by atoms with Crippen molar-refractivity contribution in [1.29, 1.82) is 0 Å². The van der Waals surface area contributed by atoms with E-state index in [9.17, 15) is 22.8 Å². The highest BCUT2D eigenvalue weighted by atomic mass is 19.4. The number of pyridine rings is 1. The summed E-state index contributed by atoms with van der Waals surface area (Å²) in [6.07, 6.45) is -3.88. The highest BCUT2D eigenvalue weighted by molar-refractivity contribution is 6.00. The summed E-state index contributed by atoms with van der Waals surface area (Å²) in [6, 6.07) is 5.68. The lowest BCUT2D eigenvalue weighted by Crippen LogP contribution is -2.28. The first-order valence-corrected chi connectivity index (χ1v) is 6.75. The highest BCUT2D eigenvalue weighted by Gasteiger charge is 2.37. The van der Waals surface area contributed by atoms with Gasteiger partial charge in [-0.2, -0.15) is 13.2 Å². The zero-order valence-electron chi connectivity index (χ0n) is 11.9. The first-order chi connectivity index (χ1) is 10.8. The van der Waals surface area contributed by atoms with Gasteiger partial charge in [-0.1, -0.05) is 18.2 Å². The molecule has 0 spiro atoms. The van der Waals surface area contributed by atoms with Gasteiger partial charge in [0.25, 0.3) is 5.91 Å². The molecule has 1 amide bonds. The third-order valence-electron chi connectivity index (χ3n) is 3.16. The predicted molar refractivity (Wildman–Crippen MR) is 75.9 cm³/mol. The van der Waals surface area contributed by atoms with Crippen molar-refractivity contribution >= 4 is 22.8 Å². The van der Waals surface area contributed by atoms with Crippen molar-refractivity contribution in [3.63, 3.8) is 0 Å². The zero-order valence-corrected chi connectivity index (χ0v) is 11.9. The van der Waals surface area contributed by atoms with Crippen LogP contribution in [0.4, 0.5) is 13.2 Å². The number of carboxylic acids is 1. The van der Waals surface area contributed by atoms with Crippen LogP contribution >= 0.6 is 0 Å². The first kappa shape index (κ1) is 16.7. The molecule has 0 aliphatic heterocycles. The molecule has 0 radical (unpaired) electrons. The van der Waals surface area contributed by atoms with Gasteiger partial charge in [0, 0.05) is 24.5 Å². The summed E-state index contributed by atoms with van der Waals surface area (Å²) >= 11 is 0. The molecule has 5 nitrogen and oxygen atoms in total. The molecule has 0 fully saturated rings. The van der Waals surface area contributed by atoms with Crippen molar-refractivity contribution in [3.8, 4) is 0 Å². The summed E-state index contributed by atoms with van der Waals surface area (Å²) in [5, 5.41) is 10.6. The van der Waals surface area contributed by atoms with E-state index in [2.05, 4.69) is 10.3 Å². The lowest BCUT2D eigenvalue weighted by atomic mass is 10.0. The minimum Gasteiger partial charge on any atom is -0.481 e. The Bertz CT molecular complexity index is 744. The second-order valence-corrected chi connectivity index (χ2v) is 4.81. The molecule has 23 heavy (non-hydrogen) atoms. The molecule has 0 saturated heterocycles. The Labute approximate surface area is 129 Å². The summed E-state index contributed by atoms with van der Waals surface area (Å²) in [5.74, 6) is -1.97. The number of hydrogen-bond donors (Lipinski definition) is 2. The quantitative estimate of drug-likeness (QED) is 0.828. The van der Waals surface area contributed by atoms with Crippen molar-refractivity contribution in [2.75, 3.05) is 6.54 Å². The number of alkyl halides is 3. The first-order valence-electron chi connectivity index (χ1n) is 6.75. The third kappa shape index (κ3) is 3.97. The lowest BCUT2D eigenvalue weighted by Gasteiger charge is -2.15. The van der Waals surface area contributed by atoms with Gasteiger partial charge in [-0.25, -0.2) is 0 Å². The van der Waals surface area contributed by atoms with E-state index in [1.54, 1.807) is 6.07 Å². The average molecular weight is 326 g/mol. The van der Waals surface area contributed by atoms with Crippen LogP contribution in [0.15, 0.2) is 30.5 Å². The van der Waals surface area contributed by atoms with Gasteiger partial charge in [0.2, 0.25) is 0 Å². The van der Waals surface area contributed by atoms with Gasteiger partial charge in [-0.05, 0) is 12.5 Å². The number of carboxylic acid groups (broad SMARTS) is 1. The standard InChI is InChI=1S/C15H13F3N2O3/c16-15(17,18)13-9-4-1-2-5-11(9)20-8-10(13)14(23)19-7-3-6-12(21)22/h1-2,4-5,8H,3,6-7H2,(H,19,23)(H,21,22). The van der Waals surface area contributed by atoms with E-state index in [-0.39, 0.29) is 30.3 Å². The van der Waals surface area contributed by atoms with Crippen molar-refractivity contribution in [3.05, 3.63) is 41.6 Å². The van der Waals surface area contributed by atoms with Crippen LogP contribution in [0.1, 0.15) is 28.8 Å². The smallest absolute Gasteiger partial charge is 0.417 e. The largest absolute Gasteiger partial charge is 0.481 e. The van der Waals surface area contributed by atoms with Gasteiger partial charge >= 0.3 is 12.1 Å². The Morgan fingerprint density at radius 3 is 2.57 bits per heavy atom. The topological polar surface area (TPSA) is 79.3 Å². The number of rotatable bonds is 5. The normalized spacial score (nSPS) is 11.4. The maximum Gasteiger partial charge on any atom is 0.417 e. The number of nitrogens with zero attached hydrogens (tertiary/aromatic N) is 1. The number of amides is 1. The van der Waals surface area contributed by atoms with Gasteiger partial charge in [0.05, 0.1) is 16.6 Å². The van der Waals surface area contributed by atoms with Gasteiger partial charge < -0.3 is 10.4 Å². The summed E-state index contributed by atoms with van der Waals surface area (Å²) in [7, 11) is 0. The molecule has 1 aromatic heterocycles. The molecule has 122 valence electrons. The van der Waals surface area contributed by atoms with E-state index >= 15 is 0 Å². The maximum absolute atomic E-state index is 13.3. The molecule has 2 rings (SSSR count). The SMILES string of the molecule is O=C(O)CCCNC(=O)c1cnc2ccccc2c1C(F)(F)F. The molecule has 1 heterocycles. The Hall–Kier alpha value is -2.64. The zero-order chi connectivity index (χ0) is 17.0. The fourth-order valence-electron chi connectivity index (χ4n) is 2.16. The van der Waals surface area contributed by atoms with Gasteiger partial charge in [0.1, 0.15) is 0 Å². The molecule has 2 N–H and O–H groups in total. The number of aromatic nitrogens is 1. The molecule has 1 aromatic carbocycles. The minimum absolute atomic E-state index is 0.0325. The second-order valence-electron chi connectivity index (χ2n) is 4.81. The number of para-hydroxylation sites is 1. The third-order valence-corrected chi connectivity index (χ3v) is 3.16. The molecule has 0 aliphatic rings. The summed E-state index contributed by atoms with van der Waals surface area (Å²) in [5.41, 5.74) is -1.48. The molecule has 0 atom stereocenters. The van der Waals surface area contributed by atoms with Crippen molar-refractivity contribution in [1.82, 2.24) is 10.3 Å². The number of nitrogens with one attached hydrogen (secondary N) is 1. The van der Waals surface area contributed by atoms with Crippen LogP contribution in [0, 0.1) is 0 Å². The molecule has 0 bridgehead atoms. The van der Waals surface area contributed by atoms with Crippen LogP contribution in [-0.2, 0) is 11.0 Å². The number of fused-ring (bicyclic) bond motifs is 1. The van der Waals surface area contributed by atoms with Crippen molar-refractivity contribution in [2.45, 2.75) is 19.0 Å². The Balaban J connectivity index is 2.32. The average Bonchev–Trinajstić information content (AvgIpc) is 2.49. The van der Waals surface area contributed by atoms with Crippen LogP contribution in [-0.4, -0.2) is 28.5 Å². The number of benzene rings is 1. The summed E-state index contributed by atoms with van der Waals surface area (Å²) < 4.78 is 40.0. The van der Waals surface area contributed by atoms with Crippen LogP contribution in [0.3, 0.4) is 0 Å². The number of carbonyl (C=O) groups excluding carboxylic acids is 1. The number of hydrogen-bond acceptors (Lipinski definition) is 3. The molecular formula is C15H13F3N2O3. The Morgan fingerprint density at radius 1 is 1.22 bits per heavy atom. The molecule has 0 aliphatic carbocycles. The van der Waals surface area contributed by atoms with Crippen LogP contribution in [0.2, 0.25) is 0 Å². The second kappa shape index (κ2) is 6.64. The monoisotopic (exact) mass is 326 g/mol. The van der Waals surface area contributed by atoms with E-state index in [0.29, 0.717) is 0 Å². The summed E-state index contributed by atoms with van der Waals surface area (Å²) in [4.78, 5) is 26.3. The number of carbonyl (C=O) groups is 2.